The zero-order valence-corrected chi connectivity index (χ0v) is 25.1. The molecule has 2 unspecified atom stereocenters. The highest BCUT2D eigenvalue weighted by Gasteiger charge is 2.44. The summed E-state index contributed by atoms with van der Waals surface area (Å²) in [7, 11) is 9.59. The monoisotopic (exact) mass is 586 g/mol. The van der Waals surface area contributed by atoms with Crippen LogP contribution in [0, 0.1) is 17.1 Å². The minimum absolute atomic E-state index is 0.0255. The van der Waals surface area contributed by atoms with Crippen LogP contribution >= 0.6 is 0 Å². The maximum Gasteiger partial charge on any atom is 0.217 e. The van der Waals surface area contributed by atoms with Gasteiger partial charge in [-0.25, -0.2) is 9.37 Å². The van der Waals surface area contributed by atoms with Gasteiger partial charge in [0, 0.05) is 41.6 Å². The lowest BCUT2D eigenvalue weighted by Crippen LogP contribution is -2.38. The number of aliphatic hydroxyl groups is 1. The molecule has 4 aromatic rings. The summed E-state index contributed by atoms with van der Waals surface area (Å²) in [6.45, 7) is 0.441. The molecule has 0 bridgehead atoms. The first-order valence-corrected chi connectivity index (χ1v) is 13.5. The molecule has 2 atom stereocenters. The van der Waals surface area contributed by atoms with Crippen LogP contribution in [0.4, 0.5) is 4.39 Å². The van der Waals surface area contributed by atoms with Gasteiger partial charge in [-0.2, -0.15) is 10.2 Å². The van der Waals surface area contributed by atoms with Gasteiger partial charge in [0.05, 0.1) is 46.0 Å². The number of halogens is 1. The highest BCUT2D eigenvalue weighted by atomic mass is 19.1. The van der Waals surface area contributed by atoms with Crippen LogP contribution in [0.2, 0.25) is 0 Å². The Balaban J connectivity index is 2.08. The Morgan fingerprint density at radius 1 is 0.907 bits per heavy atom. The Morgan fingerprint density at radius 2 is 1.58 bits per heavy atom. The van der Waals surface area contributed by atoms with Gasteiger partial charge in [0.2, 0.25) is 17.6 Å². The number of ether oxygens (including phenoxy) is 4. The molecule has 4 rings (SSSR count). The van der Waals surface area contributed by atoms with Crippen LogP contribution in [-0.2, 0) is 5.60 Å². The van der Waals surface area contributed by atoms with E-state index >= 15 is 4.39 Å². The Kier molecular flexibility index (Phi) is 9.80. The molecule has 2 heterocycles. The molecule has 2 aromatic carbocycles. The number of aromatic nitrogens is 2. The molecule has 43 heavy (non-hydrogen) atoms. The summed E-state index contributed by atoms with van der Waals surface area (Å²) in [5, 5.41) is 22.2. The molecule has 0 fully saturated rings. The van der Waals surface area contributed by atoms with Crippen molar-refractivity contribution in [2.24, 2.45) is 0 Å². The number of benzene rings is 2. The first-order valence-electron chi connectivity index (χ1n) is 13.5. The van der Waals surface area contributed by atoms with Gasteiger partial charge in [-0.05, 0) is 55.9 Å². The summed E-state index contributed by atoms with van der Waals surface area (Å²) in [4.78, 5) is 10.8. The van der Waals surface area contributed by atoms with Crippen molar-refractivity contribution in [1.82, 2.24) is 14.9 Å². The third-order valence-corrected chi connectivity index (χ3v) is 7.37. The average molecular weight is 587 g/mol. The Labute approximate surface area is 251 Å². The fourth-order valence-electron chi connectivity index (χ4n) is 5.12. The molecule has 0 spiro atoms. The Morgan fingerprint density at radius 3 is 2.14 bits per heavy atom. The van der Waals surface area contributed by atoms with Crippen LogP contribution in [-0.4, -0.2) is 69.1 Å². The van der Waals surface area contributed by atoms with E-state index in [1.807, 2.05) is 37.2 Å². The zero-order chi connectivity index (χ0) is 31.1. The lowest BCUT2D eigenvalue weighted by Gasteiger charge is -2.39. The van der Waals surface area contributed by atoms with Crippen LogP contribution in [0.5, 0.6) is 23.4 Å². The van der Waals surface area contributed by atoms with E-state index in [2.05, 4.69) is 16.0 Å². The predicted octanol–water partition coefficient (Wildman–Crippen LogP) is 5.16. The smallest absolute Gasteiger partial charge is 0.217 e. The fraction of sp³-hybridized carbons (Fsp3) is 0.303. The first kappa shape index (κ1) is 31.2. The molecule has 0 radical (unpaired) electrons. The third kappa shape index (κ3) is 6.53. The number of pyridine rings is 2. The average Bonchev–Trinajstić information content (AvgIpc) is 3.04. The van der Waals surface area contributed by atoms with Crippen LogP contribution in [0.3, 0.4) is 0 Å². The SMILES string of the molecule is COc1cc(C(O)(CCN(C)C)C(c2cc(-c3ccc(C#N)cc3)cnc2OC)c2cccc(OC)c2F)cc(OC)n1. The summed E-state index contributed by atoms with van der Waals surface area (Å²) in [6, 6.07) is 19.0. The van der Waals surface area contributed by atoms with Gasteiger partial charge in [0.25, 0.3) is 0 Å². The van der Waals surface area contributed by atoms with E-state index in [-0.39, 0.29) is 35.4 Å². The van der Waals surface area contributed by atoms with E-state index in [0.717, 1.165) is 5.56 Å². The van der Waals surface area contributed by atoms with Gasteiger partial charge >= 0.3 is 0 Å². The molecular formula is C33H35FN4O5. The van der Waals surface area contributed by atoms with Gasteiger partial charge in [-0.3, -0.25) is 0 Å². The lowest BCUT2D eigenvalue weighted by molar-refractivity contribution is 0.00229. The number of hydrogen-bond donors (Lipinski definition) is 1. The zero-order valence-electron chi connectivity index (χ0n) is 25.1. The second-order valence-electron chi connectivity index (χ2n) is 10.2. The summed E-state index contributed by atoms with van der Waals surface area (Å²) < 4.78 is 38.2. The van der Waals surface area contributed by atoms with Crippen molar-refractivity contribution in [3.8, 4) is 40.6 Å². The number of hydrogen-bond acceptors (Lipinski definition) is 9. The van der Waals surface area contributed by atoms with Crippen molar-refractivity contribution in [2.45, 2.75) is 17.9 Å². The highest BCUT2D eigenvalue weighted by Crippen LogP contribution is 2.49. The van der Waals surface area contributed by atoms with Crippen molar-refractivity contribution in [3.63, 3.8) is 0 Å². The van der Waals surface area contributed by atoms with Crippen LogP contribution < -0.4 is 18.9 Å². The largest absolute Gasteiger partial charge is 0.494 e. The van der Waals surface area contributed by atoms with E-state index in [1.54, 1.807) is 42.6 Å². The van der Waals surface area contributed by atoms with Crippen molar-refractivity contribution in [2.75, 3.05) is 49.1 Å². The quantitative estimate of drug-likeness (QED) is 0.241. The number of methoxy groups -OCH3 is 4. The molecule has 0 saturated heterocycles. The predicted molar refractivity (Wildman–Crippen MR) is 160 cm³/mol. The summed E-state index contributed by atoms with van der Waals surface area (Å²) in [6.07, 6.45) is 1.81. The number of nitrogens with zero attached hydrogens (tertiary/aromatic N) is 4. The van der Waals surface area contributed by atoms with E-state index in [1.165, 1.54) is 34.5 Å². The summed E-state index contributed by atoms with van der Waals surface area (Å²) in [5.74, 6) is -1.01. The standard InChI is InChI=1S/C33H35FN4O5/c1-38(2)15-14-33(39,24-17-28(41-4)37-29(18-24)42-5)30(25-8-7-9-27(40-3)31(25)34)26-16-23(20-36-32(26)43-6)22-12-10-21(19-35)11-13-22/h7-13,16-18,20,30,39H,14-15H2,1-6H3. The molecule has 2 aromatic heterocycles. The molecule has 1 N–H and O–H groups in total. The van der Waals surface area contributed by atoms with Crippen molar-refractivity contribution in [3.05, 3.63) is 94.9 Å². The molecular weight excluding hydrogens is 551 g/mol. The Hall–Kier alpha value is -4.72. The highest BCUT2D eigenvalue weighted by molar-refractivity contribution is 5.66. The van der Waals surface area contributed by atoms with Crippen molar-refractivity contribution in [1.29, 1.82) is 5.26 Å². The van der Waals surface area contributed by atoms with Crippen LogP contribution in [0.25, 0.3) is 11.1 Å². The van der Waals surface area contributed by atoms with Gasteiger partial charge in [0.15, 0.2) is 11.6 Å². The maximum atomic E-state index is 16.3. The number of nitriles is 1. The van der Waals surface area contributed by atoms with Crippen molar-refractivity contribution < 1.29 is 28.4 Å². The van der Waals surface area contributed by atoms with Crippen molar-refractivity contribution >= 4 is 0 Å². The molecule has 0 aliphatic heterocycles. The molecule has 9 nitrogen and oxygen atoms in total. The topological polar surface area (TPSA) is 110 Å². The summed E-state index contributed by atoms with van der Waals surface area (Å²) in [5.41, 5.74) is 1.23. The lowest BCUT2D eigenvalue weighted by atomic mass is 9.71. The van der Waals surface area contributed by atoms with E-state index in [9.17, 15) is 10.4 Å². The maximum absolute atomic E-state index is 16.3. The molecule has 224 valence electrons. The van der Waals surface area contributed by atoms with E-state index in [0.29, 0.717) is 28.8 Å². The third-order valence-electron chi connectivity index (χ3n) is 7.37. The van der Waals surface area contributed by atoms with E-state index in [4.69, 9.17) is 18.9 Å². The first-order chi connectivity index (χ1) is 20.7. The second kappa shape index (κ2) is 13.5. The minimum atomic E-state index is -1.76. The minimum Gasteiger partial charge on any atom is -0.494 e. The molecule has 0 aliphatic rings. The van der Waals surface area contributed by atoms with Gasteiger partial charge in [-0.15, -0.1) is 0 Å². The van der Waals surface area contributed by atoms with Gasteiger partial charge < -0.3 is 29.0 Å². The normalized spacial score (nSPS) is 13.1. The fourth-order valence-corrected chi connectivity index (χ4v) is 5.12. The Bertz CT molecular complexity index is 1580. The molecule has 0 amide bonds. The molecule has 10 heteroatoms. The van der Waals surface area contributed by atoms with Gasteiger partial charge in [0.1, 0.15) is 5.60 Å². The molecule has 0 saturated carbocycles. The number of rotatable bonds is 12. The summed E-state index contributed by atoms with van der Waals surface area (Å²) >= 11 is 0. The van der Waals surface area contributed by atoms with Gasteiger partial charge in [-0.1, -0.05) is 24.3 Å². The van der Waals surface area contributed by atoms with Crippen LogP contribution in [0.15, 0.2) is 66.9 Å². The van der Waals surface area contributed by atoms with E-state index < -0.39 is 17.3 Å². The molecule has 0 aliphatic carbocycles. The second-order valence-corrected chi connectivity index (χ2v) is 10.2. The van der Waals surface area contributed by atoms with Crippen LogP contribution in [0.1, 0.15) is 34.6 Å².